The van der Waals surface area contributed by atoms with Gasteiger partial charge >= 0.3 is 5.97 Å². The Kier molecular flexibility index (Phi) is 7.14. The van der Waals surface area contributed by atoms with Gasteiger partial charge in [0.05, 0.1) is 22.5 Å². The predicted octanol–water partition coefficient (Wildman–Crippen LogP) is 7.22. The van der Waals surface area contributed by atoms with E-state index in [1.54, 1.807) is 54.6 Å². The highest BCUT2D eigenvalue weighted by atomic mass is 79.9. The molecule has 4 nitrogen and oxygen atoms in total. The average Bonchev–Trinajstić information content (AvgIpc) is 3.06. The molecule has 29 heavy (non-hydrogen) atoms. The molecule has 3 aromatic rings. The summed E-state index contributed by atoms with van der Waals surface area (Å²) in [5.74, 6) is 0.192. The zero-order valence-corrected chi connectivity index (χ0v) is 19.7. The molecule has 0 atom stereocenters. The Morgan fingerprint density at radius 3 is 2.45 bits per heavy atom. The molecule has 146 valence electrons. The van der Waals surface area contributed by atoms with Crippen molar-refractivity contribution in [1.82, 2.24) is 0 Å². The summed E-state index contributed by atoms with van der Waals surface area (Å²) in [6, 6.07) is 16.0. The van der Waals surface area contributed by atoms with Gasteiger partial charge in [0.1, 0.15) is 4.88 Å². The fourth-order valence-corrected chi connectivity index (χ4v) is 4.47. The van der Waals surface area contributed by atoms with Gasteiger partial charge in [-0.15, -0.1) is 11.3 Å². The molecule has 0 fully saturated rings. The monoisotopic (exact) mass is 551 g/mol. The van der Waals surface area contributed by atoms with Crippen molar-refractivity contribution in [2.24, 2.45) is 0 Å². The van der Waals surface area contributed by atoms with E-state index in [2.05, 4.69) is 37.9 Å². The van der Waals surface area contributed by atoms with Crippen LogP contribution in [0, 0.1) is 11.3 Å². The number of nitrogens with zero attached hydrogens (tertiary/aromatic N) is 1. The fourth-order valence-electron chi connectivity index (χ4n) is 2.43. The van der Waals surface area contributed by atoms with Crippen LogP contribution in [0.15, 0.2) is 56.8 Å². The molecule has 1 aromatic heterocycles. The lowest BCUT2D eigenvalue weighted by Crippen LogP contribution is -2.07. The number of rotatable bonds is 5. The number of thiophene rings is 1. The van der Waals surface area contributed by atoms with Gasteiger partial charge in [-0.2, -0.15) is 5.26 Å². The highest BCUT2D eigenvalue weighted by molar-refractivity contribution is 9.13. The first-order valence-corrected chi connectivity index (χ1v) is 10.9. The third-order valence-corrected chi connectivity index (χ3v) is 7.31. The summed E-state index contributed by atoms with van der Waals surface area (Å²) in [5.41, 5.74) is 1.96. The van der Waals surface area contributed by atoms with Gasteiger partial charge in [-0.25, -0.2) is 4.79 Å². The Bertz CT molecular complexity index is 1110. The van der Waals surface area contributed by atoms with Crippen LogP contribution in [0.3, 0.4) is 0 Å². The van der Waals surface area contributed by atoms with Crippen LogP contribution in [0.2, 0.25) is 5.02 Å². The molecular weight excluding hydrogens is 542 g/mol. The Labute approximate surface area is 193 Å². The molecule has 0 amide bonds. The molecule has 0 bridgehead atoms. The van der Waals surface area contributed by atoms with Crippen LogP contribution in [0.4, 0.5) is 0 Å². The standard InChI is InChI=1S/C21H12Br2ClNO3S/c1-27-18-9-12(8-14(11-25)13-3-5-15(24)6-4-13)2-7-17(18)28-21(26)19-10-16(22)20(23)29-19/h2-10H,1H3/b14-8+. The Hall–Kier alpha value is -2.11. The molecule has 2 aromatic carbocycles. The maximum absolute atomic E-state index is 12.4. The van der Waals surface area contributed by atoms with Crippen LogP contribution < -0.4 is 9.47 Å². The highest BCUT2D eigenvalue weighted by Crippen LogP contribution is 2.35. The number of hydrogen-bond acceptors (Lipinski definition) is 5. The summed E-state index contributed by atoms with van der Waals surface area (Å²) >= 11 is 13.9. The van der Waals surface area contributed by atoms with Crippen LogP contribution >= 0.6 is 54.8 Å². The van der Waals surface area contributed by atoms with E-state index in [9.17, 15) is 10.1 Å². The van der Waals surface area contributed by atoms with E-state index in [4.69, 9.17) is 21.1 Å². The van der Waals surface area contributed by atoms with E-state index < -0.39 is 5.97 Å². The molecular formula is C21H12Br2ClNO3S. The summed E-state index contributed by atoms with van der Waals surface area (Å²) in [5, 5.41) is 10.1. The van der Waals surface area contributed by atoms with E-state index in [1.807, 2.05) is 0 Å². The van der Waals surface area contributed by atoms with Crippen LogP contribution in [-0.4, -0.2) is 13.1 Å². The third-order valence-electron chi connectivity index (χ3n) is 3.82. The largest absolute Gasteiger partial charge is 0.493 e. The highest BCUT2D eigenvalue weighted by Gasteiger charge is 2.17. The van der Waals surface area contributed by atoms with Crippen LogP contribution in [0.25, 0.3) is 11.6 Å². The number of esters is 1. The van der Waals surface area contributed by atoms with E-state index in [0.717, 1.165) is 19.4 Å². The molecule has 0 saturated carbocycles. The van der Waals surface area contributed by atoms with Gasteiger partial charge < -0.3 is 9.47 Å². The van der Waals surface area contributed by atoms with Crippen molar-refractivity contribution >= 4 is 72.4 Å². The second-order valence-electron chi connectivity index (χ2n) is 5.71. The Morgan fingerprint density at radius 2 is 1.86 bits per heavy atom. The predicted molar refractivity (Wildman–Crippen MR) is 123 cm³/mol. The second-order valence-corrected chi connectivity index (χ2v) is 9.37. The third kappa shape index (κ3) is 5.28. The summed E-state index contributed by atoms with van der Waals surface area (Å²) in [6.45, 7) is 0. The number of benzene rings is 2. The van der Waals surface area contributed by atoms with Crippen LogP contribution in [0.5, 0.6) is 11.5 Å². The first-order valence-electron chi connectivity index (χ1n) is 8.14. The molecule has 0 N–H and O–H groups in total. The molecule has 0 unspecified atom stereocenters. The van der Waals surface area contributed by atoms with Crippen molar-refractivity contribution in [2.45, 2.75) is 0 Å². The molecule has 1 heterocycles. The molecule has 8 heteroatoms. The molecule has 0 radical (unpaired) electrons. The summed E-state index contributed by atoms with van der Waals surface area (Å²) in [4.78, 5) is 12.8. The van der Waals surface area contributed by atoms with Gasteiger partial charge in [0.2, 0.25) is 0 Å². The molecule has 0 aliphatic heterocycles. The van der Waals surface area contributed by atoms with Crippen molar-refractivity contribution in [3.05, 3.63) is 77.8 Å². The van der Waals surface area contributed by atoms with Crippen LogP contribution in [0.1, 0.15) is 20.8 Å². The zero-order chi connectivity index (χ0) is 21.0. The van der Waals surface area contributed by atoms with Gasteiger partial charge in [0.15, 0.2) is 11.5 Å². The van der Waals surface area contributed by atoms with Crippen molar-refractivity contribution in [1.29, 1.82) is 5.26 Å². The Morgan fingerprint density at radius 1 is 1.14 bits per heavy atom. The van der Waals surface area contributed by atoms with E-state index >= 15 is 0 Å². The number of ether oxygens (including phenoxy) is 2. The number of carbonyl (C=O) groups is 1. The number of carbonyl (C=O) groups excluding carboxylic acids is 1. The maximum Gasteiger partial charge on any atom is 0.353 e. The van der Waals surface area contributed by atoms with E-state index in [-0.39, 0.29) is 0 Å². The fraction of sp³-hybridized carbons (Fsp3) is 0.0476. The maximum atomic E-state index is 12.4. The van der Waals surface area contributed by atoms with Gasteiger partial charge in [-0.3, -0.25) is 0 Å². The zero-order valence-electron chi connectivity index (χ0n) is 14.9. The number of methoxy groups -OCH3 is 1. The minimum absolute atomic E-state index is 0.292. The second kappa shape index (κ2) is 9.59. The van der Waals surface area contributed by atoms with Crippen molar-refractivity contribution in [2.75, 3.05) is 7.11 Å². The normalized spacial score (nSPS) is 11.1. The number of hydrogen-bond donors (Lipinski definition) is 0. The number of nitriles is 1. The Balaban J connectivity index is 1.87. The first kappa shape index (κ1) is 21.6. The van der Waals surface area contributed by atoms with Crippen molar-refractivity contribution < 1.29 is 14.3 Å². The smallest absolute Gasteiger partial charge is 0.353 e. The van der Waals surface area contributed by atoms with Gasteiger partial charge in [0, 0.05) is 9.50 Å². The van der Waals surface area contributed by atoms with E-state index in [0.29, 0.717) is 27.0 Å². The summed E-state index contributed by atoms with van der Waals surface area (Å²) in [7, 11) is 1.49. The lowest BCUT2D eigenvalue weighted by atomic mass is 10.0. The van der Waals surface area contributed by atoms with E-state index in [1.165, 1.54) is 18.4 Å². The number of halogens is 3. The van der Waals surface area contributed by atoms with Gasteiger partial charge in [-0.05, 0) is 79.4 Å². The van der Waals surface area contributed by atoms with Crippen molar-refractivity contribution in [3.63, 3.8) is 0 Å². The summed E-state index contributed by atoms with van der Waals surface area (Å²) < 4.78 is 12.4. The molecule has 0 aliphatic carbocycles. The minimum atomic E-state index is -0.484. The SMILES string of the molecule is COc1cc(/C=C(\C#N)c2ccc(Cl)cc2)ccc1OC(=O)c1cc(Br)c(Br)s1. The number of allylic oxidation sites excluding steroid dienone is 1. The topological polar surface area (TPSA) is 59.3 Å². The lowest BCUT2D eigenvalue weighted by Gasteiger charge is -2.09. The molecule has 0 spiro atoms. The van der Waals surface area contributed by atoms with Gasteiger partial charge in [-0.1, -0.05) is 29.8 Å². The summed E-state index contributed by atoms with van der Waals surface area (Å²) in [6.07, 6.45) is 1.73. The van der Waals surface area contributed by atoms with Crippen molar-refractivity contribution in [3.8, 4) is 17.6 Å². The van der Waals surface area contributed by atoms with Crippen LogP contribution in [-0.2, 0) is 0 Å². The van der Waals surface area contributed by atoms with Gasteiger partial charge in [0.25, 0.3) is 0 Å². The minimum Gasteiger partial charge on any atom is -0.493 e. The molecule has 0 saturated heterocycles. The average molecular weight is 554 g/mol. The quantitative estimate of drug-likeness (QED) is 0.145. The molecule has 3 rings (SSSR count). The molecule has 0 aliphatic rings. The lowest BCUT2D eigenvalue weighted by molar-refractivity contribution is 0.0735. The first-order chi connectivity index (χ1) is 13.9.